The maximum absolute atomic E-state index is 6.03. The first kappa shape index (κ1) is 10.5. The van der Waals surface area contributed by atoms with Crippen molar-refractivity contribution in [2.24, 2.45) is 7.05 Å². The Kier molecular flexibility index (Phi) is 2.67. The van der Waals surface area contributed by atoms with Crippen molar-refractivity contribution in [3.05, 3.63) is 28.5 Å². The first-order valence-corrected chi connectivity index (χ1v) is 5.27. The van der Waals surface area contributed by atoms with E-state index in [4.69, 9.17) is 11.6 Å². The normalized spacial score (nSPS) is 11.2. The van der Waals surface area contributed by atoms with Crippen LogP contribution in [0.15, 0.2) is 12.1 Å². The molecule has 2 aromatic rings. The minimum Gasteiger partial charge on any atom is -0.330 e. The molecule has 1 aromatic carbocycles. The van der Waals surface area contributed by atoms with Crippen LogP contribution in [0.5, 0.6) is 0 Å². The molecule has 2 rings (SSSR count). The number of halogens is 1. The second kappa shape index (κ2) is 3.83. The number of aromatic nitrogens is 2. The molecule has 1 aromatic heterocycles. The van der Waals surface area contributed by atoms with Crippen molar-refractivity contribution in [3.8, 4) is 0 Å². The van der Waals surface area contributed by atoms with E-state index >= 15 is 0 Å². The lowest BCUT2D eigenvalue weighted by molar-refractivity contribution is 0.719. The molecule has 15 heavy (non-hydrogen) atoms. The molecule has 0 aliphatic carbocycles. The van der Waals surface area contributed by atoms with Crippen LogP contribution < -0.4 is 5.32 Å². The third-order valence-electron chi connectivity index (χ3n) is 2.57. The lowest BCUT2D eigenvalue weighted by atomic mass is 10.2. The van der Waals surface area contributed by atoms with Crippen LogP contribution in [0.2, 0.25) is 5.02 Å². The monoisotopic (exact) mass is 223 g/mol. The van der Waals surface area contributed by atoms with Gasteiger partial charge in [-0.1, -0.05) is 11.6 Å². The predicted octanol–water partition coefficient (Wildman–Crippen LogP) is 2.25. The number of hydrogen-bond acceptors (Lipinski definition) is 2. The molecule has 1 N–H and O–H groups in total. The van der Waals surface area contributed by atoms with Gasteiger partial charge >= 0.3 is 0 Å². The standard InChI is InChI=1S/C11H14ClN3/c1-7-4-8(12)5-9-11(7)14-10(6-13-2)15(9)3/h4-5,13H,6H2,1-3H3. The number of imidazole rings is 1. The second-order valence-corrected chi connectivity index (χ2v) is 4.14. The summed E-state index contributed by atoms with van der Waals surface area (Å²) < 4.78 is 2.07. The van der Waals surface area contributed by atoms with Crippen molar-refractivity contribution >= 4 is 22.6 Å². The number of nitrogens with one attached hydrogen (secondary N) is 1. The van der Waals surface area contributed by atoms with Gasteiger partial charge in [-0.05, 0) is 31.7 Å². The molecule has 0 saturated carbocycles. The summed E-state index contributed by atoms with van der Waals surface area (Å²) in [5.41, 5.74) is 3.24. The SMILES string of the molecule is CNCc1nc2c(C)cc(Cl)cc2n1C. The van der Waals surface area contributed by atoms with Crippen molar-refractivity contribution in [3.63, 3.8) is 0 Å². The molecule has 0 fully saturated rings. The molecule has 0 unspecified atom stereocenters. The zero-order chi connectivity index (χ0) is 11.0. The van der Waals surface area contributed by atoms with E-state index in [0.717, 1.165) is 34.0 Å². The zero-order valence-electron chi connectivity index (χ0n) is 9.13. The quantitative estimate of drug-likeness (QED) is 0.847. The van der Waals surface area contributed by atoms with Gasteiger partial charge in [0, 0.05) is 12.1 Å². The Bertz CT molecular complexity index is 502. The number of benzene rings is 1. The van der Waals surface area contributed by atoms with Crippen LogP contribution in [-0.2, 0) is 13.6 Å². The minimum absolute atomic E-state index is 0.763. The van der Waals surface area contributed by atoms with Crippen molar-refractivity contribution in [1.82, 2.24) is 14.9 Å². The molecular weight excluding hydrogens is 210 g/mol. The van der Waals surface area contributed by atoms with Crippen LogP contribution >= 0.6 is 11.6 Å². The highest BCUT2D eigenvalue weighted by Gasteiger charge is 2.09. The summed E-state index contributed by atoms with van der Waals surface area (Å²) >= 11 is 6.03. The summed E-state index contributed by atoms with van der Waals surface area (Å²) in [4.78, 5) is 4.58. The van der Waals surface area contributed by atoms with Gasteiger partial charge in [-0.25, -0.2) is 4.98 Å². The van der Waals surface area contributed by atoms with Crippen LogP contribution in [0.1, 0.15) is 11.4 Å². The fraction of sp³-hybridized carbons (Fsp3) is 0.364. The Hall–Kier alpha value is -1.06. The molecule has 0 aliphatic rings. The van der Waals surface area contributed by atoms with E-state index in [1.54, 1.807) is 0 Å². The van der Waals surface area contributed by atoms with E-state index in [9.17, 15) is 0 Å². The van der Waals surface area contributed by atoms with Gasteiger partial charge in [0.1, 0.15) is 5.82 Å². The van der Waals surface area contributed by atoms with Gasteiger partial charge in [0.05, 0.1) is 17.6 Å². The van der Waals surface area contributed by atoms with Gasteiger partial charge < -0.3 is 9.88 Å². The molecule has 1 heterocycles. The summed E-state index contributed by atoms with van der Waals surface area (Å²) in [5, 5.41) is 3.87. The Balaban J connectivity index is 2.70. The van der Waals surface area contributed by atoms with Gasteiger partial charge in [-0.2, -0.15) is 0 Å². The van der Waals surface area contributed by atoms with E-state index < -0.39 is 0 Å². The molecule has 0 bridgehead atoms. The molecule has 0 aliphatic heterocycles. The molecule has 0 radical (unpaired) electrons. The van der Waals surface area contributed by atoms with Crippen LogP contribution in [-0.4, -0.2) is 16.6 Å². The van der Waals surface area contributed by atoms with E-state index in [1.807, 2.05) is 33.2 Å². The third-order valence-corrected chi connectivity index (χ3v) is 2.79. The number of hydrogen-bond donors (Lipinski definition) is 1. The maximum Gasteiger partial charge on any atom is 0.123 e. The van der Waals surface area contributed by atoms with E-state index in [2.05, 4.69) is 14.9 Å². The summed E-state index contributed by atoms with van der Waals surface area (Å²) in [5.74, 6) is 1.03. The van der Waals surface area contributed by atoms with Crippen molar-refractivity contribution in [1.29, 1.82) is 0 Å². The van der Waals surface area contributed by atoms with E-state index in [0.29, 0.717) is 0 Å². The molecule has 0 saturated heterocycles. The number of aryl methyl sites for hydroxylation is 2. The van der Waals surface area contributed by atoms with Crippen LogP contribution in [0.3, 0.4) is 0 Å². The lowest BCUT2D eigenvalue weighted by Crippen LogP contribution is -2.10. The lowest BCUT2D eigenvalue weighted by Gasteiger charge is -2.01. The largest absolute Gasteiger partial charge is 0.330 e. The summed E-state index contributed by atoms with van der Waals surface area (Å²) in [6.45, 7) is 2.80. The molecule has 0 atom stereocenters. The number of fused-ring (bicyclic) bond motifs is 1. The Labute approximate surface area is 94.1 Å². The van der Waals surface area contributed by atoms with Gasteiger partial charge in [-0.3, -0.25) is 0 Å². The van der Waals surface area contributed by atoms with Crippen molar-refractivity contribution < 1.29 is 0 Å². The van der Waals surface area contributed by atoms with Gasteiger partial charge in [0.15, 0.2) is 0 Å². The molecular formula is C11H14ClN3. The fourth-order valence-corrected chi connectivity index (χ4v) is 2.05. The topological polar surface area (TPSA) is 29.9 Å². The minimum atomic E-state index is 0.763. The van der Waals surface area contributed by atoms with Crippen LogP contribution in [0, 0.1) is 6.92 Å². The average Bonchev–Trinajstić information content (AvgIpc) is 2.47. The predicted molar refractivity (Wildman–Crippen MR) is 63.2 cm³/mol. The third kappa shape index (κ3) is 1.73. The smallest absolute Gasteiger partial charge is 0.123 e. The number of rotatable bonds is 2. The molecule has 0 spiro atoms. The van der Waals surface area contributed by atoms with E-state index in [1.165, 1.54) is 0 Å². The van der Waals surface area contributed by atoms with Crippen LogP contribution in [0.4, 0.5) is 0 Å². The summed E-state index contributed by atoms with van der Waals surface area (Å²) in [6.07, 6.45) is 0. The Morgan fingerprint density at radius 2 is 2.20 bits per heavy atom. The Morgan fingerprint density at radius 1 is 1.47 bits per heavy atom. The molecule has 80 valence electrons. The average molecular weight is 224 g/mol. The zero-order valence-corrected chi connectivity index (χ0v) is 9.89. The number of nitrogens with zero attached hydrogens (tertiary/aromatic N) is 2. The summed E-state index contributed by atoms with van der Waals surface area (Å²) in [7, 11) is 3.93. The molecule has 0 amide bonds. The van der Waals surface area contributed by atoms with Gasteiger partial charge in [0.25, 0.3) is 0 Å². The maximum atomic E-state index is 6.03. The van der Waals surface area contributed by atoms with Gasteiger partial charge in [0.2, 0.25) is 0 Å². The highest BCUT2D eigenvalue weighted by atomic mass is 35.5. The summed E-state index contributed by atoms with van der Waals surface area (Å²) in [6, 6.07) is 3.90. The van der Waals surface area contributed by atoms with Gasteiger partial charge in [-0.15, -0.1) is 0 Å². The Morgan fingerprint density at radius 3 is 2.87 bits per heavy atom. The van der Waals surface area contributed by atoms with Crippen LogP contribution in [0.25, 0.3) is 11.0 Å². The highest BCUT2D eigenvalue weighted by molar-refractivity contribution is 6.31. The highest BCUT2D eigenvalue weighted by Crippen LogP contribution is 2.23. The van der Waals surface area contributed by atoms with Crippen molar-refractivity contribution in [2.45, 2.75) is 13.5 Å². The van der Waals surface area contributed by atoms with E-state index in [-0.39, 0.29) is 0 Å². The van der Waals surface area contributed by atoms with Crippen molar-refractivity contribution in [2.75, 3.05) is 7.05 Å². The first-order valence-electron chi connectivity index (χ1n) is 4.89. The molecule has 4 heteroatoms. The molecule has 3 nitrogen and oxygen atoms in total. The second-order valence-electron chi connectivity index (χ2n) is 3.71. The fourth-order valence-electron chi connectivity index (χ4n) is 1.78. The first-order chi connectivity index (χ1) is 7.13.